The molecule has 2 aromatic rings. The van der Waals surface area contributed by atoms with E-state index in [0.717, 1.165) is 3.57 Å². The van der Waals surface area contributed by atoms with Crippen molar-refractivity contribution in [2.45, 2.75) is 43.5 Å². The minimum atomic E-state index is -3.92. The van der Waals surface area contributed by atoms with Crippen molar-refractivity contribution in [1.29, 1.82) is 0 Å². The van der Waals surface area contributed by atoms with Crippen molar-refractivity contribution in [3.8, 4) is 0 Å². The van der Waals surface area contributed by atoms with E-state index in [4.69, 9.17) is 5.11 Å². The van der Waals surface area contributed by atoms with Crippen LogP contribution in [-0.4, -0.2) is 40.7 Å². The molecule has 0 amide bonds. The summed E-state index contributed by atoms with van der Waals surface area (Å²) in [6.45, 7) is 1.06. The summed E-state index contributed by atoms with van der Waals surface area (Å²) < 4.78 is 44.1. The van der Waals surface area contributed by atoms with Gasteiger partial charge in [0, 0.05) is 28.3 Å². The Morgan fingerprint density at radius 2 is 2.00 bits per heavy atom. The van der Waals surface area contributed by atoms with Gasteiger partial charge < -0.3 is 14.8 Å². The average Bonchev–Trinajstić information content (AvgIpc) is 3.45. The van der Waals surface area contributed by atoms with E-state index >= 15 is 0 Å². The van der Waals surface area contributed by atoms with Crippen LogP contribution in [0.3, 0.4) is 0 Å². The number of nitrogens with one attached hydrogen (secondary N) is 1. The van der Waals surface area contributed by atoms with Crippen molar-refractivity contribution in [1.82, 2.24) is 4.57 Å². The Kier molecular flexibility index (Phi) is 6.61. The highest BCUT2D eigenvalue weighted by Crippen LogP contribution is 2.48. The fraction of sp³-hybridized carbons (Fsp3) is 0.450. The highest BCUT2D eigenvalue weighted by Gasteiger charge is 2.55. The lowest BCUT2D eigenvalue weighted by Gasteiger charge is -2.22. The van der Waals surface area contributed by atoms with E-state index in [1.165, 1.54) is 23.7 Å². The molecule has 0 unspecified atom stereocenters. The highest BCUT2D eigenvalue weighted by molar-refractivity contribution is 14.1. The average molecular weight is 550 g/mol. The Labute approximate surface area is 188 Å². The van der Waals surface area contributed by atoms with Crippen LogP contribution >= 0.6 is 22.6 Å². The van der Waals surface area contributed by atoms with Crippen molar-refractivity contribution in [3.63, 3.8) is 0 Å². The standard InChI is InChI=1S/C20H24FIN2O5S/c1-12-7-17(23-30(28,29)20(5-6-20)10-15(26)11-25)18(24(2)19(12)27)8-13-3-4-14(22)9-16(13)21/h3-4,7,9,15,23,25-26H,5-6,8,10-11H2,1-2H3/t15-/m1/s1. The van der Waals surface area contributed by atoms with Crippen LogP contribution in [0.25, 0.3) is 0 Å². The quantitative estimate of drug-likeness (QED) is 0.437. The topological polar surface area (TPSA) is 109 Å². The number of aliphatic hydroxyl groups is 2. The van der Waals surface area contributed by atoms with E-state index in [2.05, 4.69) is 4.72 Å². The number of nitrogens with zero attached hydrogens (tertiary/aromatic N) is 1. The van der Waals surface area contributed by atoms with Gasteiger partial charge in [-0.2, -0.15) is 0 Å². The maximum Gasteiger partial charge on any atom is 0.253 e. The Morgan fingerprint density at radius 1 is 1.33 bits per heavy atom. The molecule has 1 fully saturated rings. The largest absolute Gasteiger partial charge is 0.394 e. The molecule has 1 aromatic heterocycles. The second kappa shape index (κ2) is 8.56. The zero-order valence-corrected chi connectivity index (χ0v) is 19.6. The lowest BCUT2D eigenvalue weighted by Crippen LogP contribution is -2.35. The van der Waals surface area contributed by atoms with Gasteiger partial charge in [0.1, 0.15) is 5.82 Å². The number of rotatable bonds is 8. The molecule has 7 nitrogen and oxygen atoms in total. The number of aromatic nitrogens is 1. The van der Waals surface area contributed by atoms with E-state index < -0.39 is 33.3 Å². The first-order valence-corrected chi connectivity index (χ1v) is 12.0. The van der Waals surface area contributed by atoms with Crippen LogP contribution < -0.4 is 10.3 Å². The van der Waals surface area contributed by atoms with Crippen molar-refractivity contribution in [2.75, 3.05) is 11.3 Å². The summed E-state index contributed by atoms with van der Waals surface area (Å²) in [5, 5.41) is 18.9. The van der Waals surface area contributed by atoms with Gasteiger partial charge in [0.2, 0.25) is 10.0 Å². The third kappa shape index (κ3) is 4.56. The second-order valence-electron chi connectivity index (χ2n) is 7.79. The normalized spacial score (nSPS) is 16.3. The number of hydrogen-bond acceptors (Lipinski definition) is 5. The Bertz CT molecular complexity index is 1130. The summed E-state index contributed by atoms with van der Waals surface area (Å²) in [4.78, 5) is 12.5. The predicted molar refractivity (Wildman–Crippen MR) is 121 cm³/mol. The van der Waals surface area contributed by atoms with Gasteiger partial charge in [-0.3, -0.25) is 9.52 Å². The molecular formula is C20H24FIN2O5S. The van der Waals surface area contributed by atoms with Crippen LogP contribution in [-0.2, 0) is 23.5 Å². The monoisotopic (exact) mass is 550 g/mol. The predicted octanol–water partition coefficient (Wildman–Crippen LogP) is 2.05. The molecule has 30 heavy (non-hydrogen) atoms. The van der Waals surface area contributed by atoms with Gasteiger partial charge in [-0.25, -0.2) is 12.8 Å². The minimum absolute atomic E-state index is 0.0267. The van der Waals surface area contributed by atoms with Gasteiger partial charge >= 0.3 is 0 Å². The van der Waals surface area contributed by atoms with Crippen molar-refractivity contribution in [3.05, 3.63) is 60.8 Å². The molecule has 0 radical (unpaired) electrons. The summed E-state index contributed by atoms with van der Waals surface area (Å²) in [5.41, 5.74) is 0.939. The highest BCUT2D eigenvalue weighted by atomic mass is 127. The van der Waals surface area contributed by atoms with E-state index in [1.54, 1.807) is 19.1 Å². The van der Waals surface area contributed by atoms with Crippen molar-refractivity contribution >= 4 is 38.3 Å². The maximum atomic E-state index is 14.4. The summed E-state index contributed by atoms with van der Waals surface area (Å²) in [6.07, 6.45) is -0.453. The zero-order valence-electron chi connectivity index (χ0n) is 16.7. The van der Waals surface area contributed by atoms with Gasteiger partial charge in [0.25, 0.3) is 5.56 Å². The number of anilines is 1. The van der Waals surface area contributed by atoms with Gasteiger partial charge in [0.15, 0.2) is 0 Å². The molecule has 1 aliphatic carbocycles. The third-order valence-electron chi connectivity index (χ3n) is 5.53. The number of halogens is 2. The molecule has 1 saturated carbocycles. The molecule has 0 bridgehead atoms. The number of pyridine rings is 1. The number of hydrogen-bond donors (Lipinski definition) is 3. The van der Waals surface area contributed by atoms with E-state index in [-0.39, 0.29) is 24.1 Å². The van der Waals surface area contributed by atoms with Crippen molar-refractivity contribution in [2.24, 2.45) is 7.05 Å². The Morgan fingerprint density at radius 3 is 2.57 bits per heavy atom. The fourth-order valence-corrected chi connectivity index (χ4v) is 5.73. The van der Waals surface area contributed by atoms with Crippen LogP contribution in [0.15, 0.2) is 29.1 Å². The summed E-state index contributed by atoms with van der Waals surface area (Å²) in [7, 11) is -2.39. The number of sulfonamides is 1. The van der Waals surface area contributed by atoms with E-state index in [1.807, 2.05) is 22.6 Å². The molecule has 0 saturated heterocycles. The molecular weight excluding hydrogens is 526 g/mol. The molecule has 1 atom stereocenters. The lowest BCUT2D eigenvalue weighted by atomic mass is 10.1. The minimum Gasteiger partial charge on any atom is -0.394 e. The molecule has 0 spiro atoms. The SMILES string of the molecule is Cc1cc(NS(=O)(=O)C2(C[C@@H](O)CO)CC2)c(Cc2ccc(I)cc2F)n(C)c1=O. The molecule has 164 valence electrons. The molecule has 3 N–H and O–H groups in total. The van der Waals surface area contributed by atoms with Crippen LogP contribution in [0.2, 0.25) is 0 Å². The molecule has 0 aliphatic heterocycles. The third-order valence-corrected chi connectivity index (χ3v) is 8.41. The van der Waals surface area contributed by atoms with Crippen LogP contribution in [0, 0.1) is 16.3 Å². The maximum absolute atomic E-state index is 14.4. The first-order valence-electron chi connectivity index (χ1n) is 9.44. The number of aliphatic hydroxyl groups excluding tert-OH is 2. The molecule has 1 aromatic carbocycles. The summed E-state index contributed by atoms with van der Waals surface area (Å²) in [6, 6.07) is 6.18. The van der Waals surface area contributed by atoms with E-state index in [0.29, 0.717) is 29.7 Å². The van der Waals surface area contributed by atoms with Gasteiger partial charge in [-0.05, 0) is 72.5 Å². The molecule has 3 rings (SSSR count). The zero-order chi connectivity index (χ0) is 22.3. The van der Waals surface area contributed by atoms with Gasteiger partial charge in [-0.1, -0.05) is 6.07 Å². The number of benzene rings is 1. The van der Waals surface area contributed by atoms with Crippen molar-refractivity contribution < 1.29 is 23.0 Å². The molecule has 1 heterocycles. The van der Waals surface area contributed by atoms with Gasteiger partial charge in [-0.15, -0.1) is 0 Å². The first-order chi connectivity index (χ1) is 14.0. The smallest absolute Gasteiger partial charge is 0.253 e. The Balaban J connectivity index is 2.01. The van der Waals surface area contributed by atoms with Crippen LogP contribution in [0.1, 0.15) is 36.1 Å². The van der Waals surface area contributed by atoms with E-state index in [9.17, 15) is 22.7 Å². The summed E-state index contributed by atoms with van der Waals surface area (Å²) in [5.74, 6) is -0.437. The Hall–Kier alpha value is -1.50. The van der Waals surface area contributed by atoms with Gasteiger partial charge in [0.05, 0.1) is 23.1 Å². The number of aryl methyl sites for hydroxylation is 1. The lowest BCUT2D eigenvalue weighted by molar-refractivity contribution is 0.0858. The van der Waals surface area contributed by atoms with Crippen LogP contribution in [0.4, 0.5) is 10.1 Å². The fourth-order valence-electron chi connectivity index (χ4n) is 3.55. The second-order valence-corrected chi connectivity index (χ2v) is 11.1. The molecule has 10 heteroatoms. The summed E-state index contributed by atoms with van der Waals surface area (Å²) >= 11 is 2.00. The van der Waals surface area contributed by atoms with Crippen LogP contribution in [0.5, 0.6) is 0 Å². The molecule has 1 aliphatic rings. The first kappa shape index (κ1) is 23.2.